The van der Waals surface area contributed by atoms with Crippen molar-refractivity contribution >= 4 is 17.8 Å². The molecule has 0 fully saturated rings. The number of amides is 1. The summed E-state index contributed by atoms with van der Waals surface area (Å²) >= 11 is 0. The lowest BCUT2D eigenvalue weighted by atomic mass is 10.1. The fourth-order valence-corrected chi connectivity index (χ4v) is 1.17. The Kier molecular flexibility index (Phi) is 7.63. The van der Waals surface area contributed by atoms with Gasteiger partial charge in [0.25, 0.3) is 0 Å². The molecule has 6 nitrogen and oxygen atoms in total. The molecule has 116 valence electrons. The Morgan fingerprint density at radius 3 is 2.35 bits per heavy atom. The Hall–Kier alpha value is -1.80. The summed E-state index contributed by atoms with van der Waals surface area (Å²) in [6, 6.07) is -1.67. The first-order chi connectivity index (χ1) is 9.18. The second-order valence-corrected chi connectivity index (χ2v) is 3.96. The fraction of sp³-hybridized carbons (Fsp3) is 0.727. The molecule has 0 aromatic heterocycles. The molecule has 0 spiro atoms. The predicted molar refractivity (Wildman–Crippen MR) is 58.1 cm³/mol. The Labute approximate surface area is 113 Å². The molecule has 0 aliphatic rings. The Morgan fingerprint density at radius 1 is 1.30 bits per heavy atom. The summed E-state index contributed by atoms with van der Waals surface area (Å²) in [5.41, 5.74) is 0. The Balaban J connectivity index is 4.59. The van der Waals surface area contributed by atoms with E-state index in [1.54, 1.807) is 0 Å². The van der Waals surface area contributed by atoms with E-state index in [4.69, 9.17) is 0 Å². The molecule has 1 N–H and O–H groups in total. The molecule has 0 radical (unpaired) electrons. The molecular weight excluding hydrogens is 283 g/mol. The van der Waals surface area contributed by atoms with Crippen LogP contribution in [0.3, 0.4) is 0 Å². The van der Waals surface area contributed by atoms with Crippen LogP contribution in [0, 0.1) is 0 Å². The summed E-state index contributed by atoms with van der Waals surface area (Å²) in [5.74, 6) is -4.97. The monoisotopic (exact) mass is 298 g/mol. The molecule has 0 saturated carbocycles. The van der Waals surface area contributed by atoms with Crippen molar-refractivity contribution < 1.29 is 37.4 Å². The molecule has 20 heavy (non-hydrogen) atoms. The first-order valence-electron chi connectivity index (χ1n) is 5.92. The molecule has 0 aromatic carbocycles. The largest absolute Gasteiger partial charge is 0.550 e. The van der Waals surface area contributed by atoms with Crippen LogP contribution >= 0.6 is 0 Å². The predicted octanol–water partition coefficient (Wildman–Crippen LogP) is -0.0931. The van der Waals surface area contributed by atoms with Crippen LogP contribution in [0.2, 0.25) is 0 Å². The molecule has 1 unspecified atom stereocenters. The van der Waals surface area contributed by atoms with E-state index in [-0.39, 0.29) is 6.61 Å². The highest BCUT2D eigenvalue weighted by Crippen LogP contribution is 2.15. The van der Waals surface area contributed by atoms with Crippen LogP contribution in [0.15, 0.2) is 0 Å². The number of carboxylic acid groups (broad SMARTS) is 1. The standard InChI is InChI=1S/C11H16F3NO5/c1-2-3-6-20-9(18)7(4-5-8(16)17)15-10(19)11(12,13)14/h7H,2-6H2,1H3,(H,15,19)(H,16,17)/p-1. The number of aliphatic carboxylic acids is 1. The molecule has 0 saturated heterocycles. The maximum atomic E-state index is 12.1. The molecule has 0 rings (SSSR count). The van der Waals surface area contributed by atoms with Gasteiger partial charge in [-0.25, -0.2) is 4.79 Å². The minimum absolute atomic E-state index is 0.0148. The topological polar surface area (TPSA) is 95.5 Å². The van der Waals surface area contributed by atoms with Crippen LogP contribution in [-0.4, -0.2) is 36.7 Å². The summed E-state index contributed by atoms with van der Waals surface area (Å²) in [7, 11) is 0. The van der Waals surface area contributed by atoms with Gasteiger partial charge in [0.15, 0.2) is 0 Å². The van der Waals surface area contributed by atoms with Gasteiger partial charge in [-0.05, 0) is 19.3 Å². The van der Waals surface area contributed by atoms with Crippen LogP contribution in [0.5, 0.6) is 0 Å². The average molecular weight is 298 g/mol. The van der Waals surface area contributed by atoms with Gasteiger partial charge in [-0.2, -0.15) is 13.2 Å². The molecule has 0 heterocycles. The second kappa shape index (κ2) is 8.39. The lowest BCUT2D eigenvalue weighted by molar-refractivity contribution is -0.305. The van der Waals surface area contributed by atoms with Crippen molar-refractivity contribution in [3.63, 3.8) is 0 Å². The quantitative estimate of drug-likeness (QED) is 0.499. The van der Waals surface area contributed by atoms with Crippen molar-refractivity contribution in [3.8, 4) is 0 Å². The van der Waals surface area contributed by atoms with Crippen LogP contribution in [0.1, 0.15) is 32.6 Å². The third-order valence-electron chi connectivity index (χ3n) is 2.23. The molecule has 1 atom stereocenters. The van der Waals surface area contributed by atoms with Gasteiger partial charge in [-0.15, -0.1) is 0 Å². The van der Waals surface area contributed by atoms with Crippen molar-refractivity contribution in [2.45, 2.75) is 44.8 Å². The summed E-state index contributed by atoms with van der Waals surface area (Å²) in [5, 5.41) is 11.7. The third kappa shape index (κ3) is 7.59. The Bertz CT molecular complexity index is 356. The van der Waals surface area contributed by atoms with Gasteiger partial charge in [0.05, 0.1) is 6.61 Å². The van der Waals surface area contributed by atoms with Gasteiger partial charge in [0.1, 0.15) is 6.04 Å². The van der Waals surface area contributed by atoms with E-state index >= 15 is 0 Å². The SMILES string of the molecule is CCCCOC(=O)C(CCC(=O)[O-])NC(=O)C(F)(F)F. The van der Waals surface area contributed by atoms with E-state index in [1.165, 1.54) is 5.32 Å². The highest BCUT2D eigenvalue weighted by atomic mass is 19.4. The number of carboxylic acids is 1. The van der Waals surface area contributed by atoms with Gasteiger partial charge in [0.2, 0.25) is 0 Å². The number of unbranched alkanes of at least 4 members (excludes halogenated alkanes) is 1. The molecule has 0 bridgehead atoms. The molecular formula is C11H15F3NO5-. The third-order valence-corrected chi connectivity index (χ3v) is 2.23. The van der Waals surface area contributed by atoms with Gasteiger partial charge in [-0.1, -0.05) is 13.3 Å². The number of hydrogen-bond acceptors (Lipinski definition) is 5. The van der Waals surface area contributed by atoms with E-state index in [9.17, 15) is 32.7 Å². The van der Waals surface area contributed by atoms with Gasteiger partial charge in [-0.3, -0.25) is 4.79 Å². The number of ether oxygens (including phenoxy) is 1. The summed E-state index contributed by atoms with van der Waals surface area (Å²) < 4.78 is 40.9. The summed E-state index contributed by atoms with van der Waals surface area (Å²) in [6.07, 6.45) is -5.16. The molecule has 1 amide bonds. The number of rotatable bonds is 8. The lowest BCUT2D eigenvalue weighted by Crippen LogP contribution is -2.48. The van der Waals surface area contributed by atoms with Crippen LogP contribution in [0.25, 0.3) is 0 Å². The number of carbonyl (C=O) groups excluding carboxylic acids is 3. The zero-order chi connectivity index (χ0) is 15.8. The van der Waals surface area contributed by atoms with Crippen molar-refractivity contribution in [2.24, 2.45) is 0 Å². The molecule has 0 aromatic rings. The van der Waals surface area contributed by atoms with Crippen LogP contribution in [-0.2, 0) is 19.1 Å². The Morgan fingerprint density at radius 2 is 1.90 bits per heavy atom. The number of nitrogens with one attached hydrogen (secondary N) is 1. The number of carbonyl (C=O) groups is 3. The number of alkyl halides is 3. The molecule has 9 heteroatoms. The number of esters is 1. The van der Waals surface area contributed by atoms with Crippen LogP contribution < -0.4 is 10.4 Å². The fourth-order valence-electron chi connectivity index (χ4n) is 1.17. The van der Waals surface area contributed by atoms with Gasteiger partial charge in [0, 0.05) is 5.97 Å². The maximum absolute atomic E-state index is 12.1. The van der Waals surface area contributed by atoms with Crippen molar-refractivity contribution in [1.82, 2.24) is 5.32 Å². The van der Waals surface area contributed by atoms with Crippen molar-refractivity contribution in [1.29, 1.82) is 0 Å². The van der Waals surface area contributed by atoms with Crippen LogP contribution in [0.4, 0.5) is 13.2 Å². The normalized spacial score (nSPS) is 12.6. The second-order valence-electron chi connectivity index (χ2n) is 3.96. The molecule has 0 aliphatic heterocycles. The van der Waals surface area contributed by atoms with Gasteiger partial charge >= 0.3 is 18.1 Å². The van der Waals surface area contributed by atoms with E-state index in [0.717, 1.165) is 0 Å². The van der Waals surface area contributed by atoms with E-state index in [0.29, 0.717) is 12.8 Å². The molecule has 0 aliphatic carbocycles. The van der Waals surface area contributed by atoms with E-state index in [1.807, 2.05) is 6.92 Å². The highest BCUT2D eigenvalue weighted by molar-refractivity contribution is 5.87. The maximum Gasteiger partial charge on any atom is 0.471 e. The first-order valence-corrected chi connectivity index (χ1v) is 5.92. The zero-order valence-corrected chi connectivity index (χ0v) is 10.8. The van der Waals surface area contributed by atoms with Gasteiger partial charge < -0.3 is 20.0 Å². The summed E-state index contributed by atoms with van der Waals surface area (Å²) in [6.45, 7) is 1.80. The van der Waals surface area contributed by atoms with Crippen molar-refractivity contribution in [3.05, 3.63) is 0 Å². The minimum Gasteiger partial charge on any atom is -0.550 e. The first kappa shape index (κ1) is 18.2. The smallest absolute Gasteiger partial charge is 0.471 e. The number of hydrogen-bond donors (Lipinski definition) is 1. The zero-order valence-electron chi connectivity index (χ0n) is 10.8. The lowest BCUT2D eigenvalue weighted by Gasteiger charge is -2.18. The number of halogens is 3. The average Bonchev–Trinajstić information content (AvgIpc) is 2.32. The van der Waals surface area contributed by atoms with Crippen molar-refractivity contribution in [2.75, 3.05) is 6.61 Å². The van der Waals surface area contributed by atoms with E-state index < -0.39 is 42.9 Å². The summed E-state index contributed by atoms with van der Waals surface area (Å²) in [4.78, 5) is 32.5. The minimum atomic E-state index is -5.16. The highest BCUT2D eigenvalue weighted by Gasteiger charge is 2.41. The van der Waals surface area contributed by atoms with E-state index in [2.05, 4.69) is 4.74 Å².